The molecule has 3 nitrogen and oxygen atoms in total. The number of benzene rings is 1. The summed E-state index contributed by atoms with van der Waals surface area (Å²) >= 11 is 0. The average molecular weight is 289 g/mol. The first-order valence-electron chi connectivity index (χ1n) is 8.13. The molecule has 21 heavy (non-hydrogen) atoms. The summed E-state index contributed by atoms with van der Waals surface area (Å²) in [5.74, 6) is -0.842. The van der Waals surface area contributed by atoms with Gasteiger partial charge in [-0.05, 0) is 42.4 Å². The summed E-state index contributed by atoms with van der Waals surface area (Å²) in [6.45, 7) is 8.02. The van der Waals surface area contributed by atoms with E-state index in [1.165, 1.54) is 38.8 Å². The molecule has 1 aromatic carbocycles. The Balaban J connectivity index is 1.83. The number of nitrogens with zero attached hydrogens (tertiary/aromatic N) is 1. The first-order chi connectivity index (χ1) is 10.1. The molecule has 1 aromatic rings. The fourth-order valence-electron chi connectivity index (χ4n) is 3.71. The lowest BCUT2D eigenvalue weighted by Gasteiger charge is -2.51. The van der Waals surface area contributed by atoms with Crippen molar-refractivity contribution in [3.8, 4) is 0 Å². The van der Waals surface area contributed by atoms with Crippen molar-refractivity contribution in [2.75, 3.05) is 19.6 Å². The van der Waals surface area contributed by atoms with E-state index < -0.39 is 5.97 Å². The summed E-state index contributed by atoms with van der Waals surface area (Å²) in [5, 5.41) is 9.02. The van der Waals surface area contributed by atoms with Crippen molar-refractivity contribution in [3.63, 3.8) is 0 Å². The van der Waals surface area contributed by atoms with Gasteiger partial charge in [0.1, 0.15) is 0 Å². The fourth-order valence-corrected chi connectivity index (χ4v) is 3.71. The Morgan fingerprint density at radius 3 is 2.48 bits per heavy atom. The van der Waals surface area contributed by atoms with Crippen LogP contribution in [0.25, 0.3) is 0 Å². The Morgan fingerprint density at radius 2 is 1.90 bits per heavy atom. The molecule has 1 aliphatic rings. The van der Waals surface area contributed by atoms with E-state index >= 15 is 0 Å². The van der Waals surface area contributed by atoms with Crippen LogP contribution in [0.2, 0.25) is 0 Å². The maximum Gasteiger partial charge on any atom is 0.335 e. The van der Waals surface area contributed by atoms with Crippen molar-refractivity contribution in [1.82, 2.24) is 4.90 Å². The number of carboxylic acids is 1. The number of rotatable bonds is 8. The normalized spacial score (nSPS) is 17.4. The van der Waals surface area contributed by atoms with Crippen molar-refractivity contribution >= 4 is 5.97 Å². The molecule has 0 spiro atoms. The maximum absolute atomic E-state index is 11.0. The molecule has 0 saturated carbocycles. The number of carbonyl (C=O) groups is 1. The lowest BCUT2D eigenvalue weighted by Crippen LogP contribution is -2.56. The predicted molar refractivity (Wildman–Crippen MR) is 85.8 cm³/mol. The number of carboxylic acid groups (broad SMARTS) is 1. The van der Waals surface area contributed by atoms with Crippen LogP contribution >= 0.6 is 0 Å². The third-order valence-electron chi connectivity index (χ3n) is 4.57. The van der Waals surface area contributed by atoms with Gasteiger partial charge in [-0.1, -0.05) is 38.8 Å². The van der Waals surface area contributed by atoms with Crippen LogP contribution in [0.4, 0.5) is 0 Å². The Bertz CT molecular complexity index is 470. The molecule has 3 heteroatoms. The van der Waals surface area contributed by atoms with Gasteiger partial charge in [-0.25, -0.2) is 4.79 Å². The van der Waals surface area contributed by atoms with Crippen molar-refractivity contribution in [2.45, 2.75) is 46.0 Å². The van der Waals surface area contributed by atoms with Gasteiger partial charge in [0.25, 0.3) is 0 Å². The maximum atomic E-state index is 11.0. The largest absolute Gasteiger partial charge is 0.478 e. The molecule has 1 heterocycles. The molecule has 0 bridgehead atoms. The van der Waals surface area contributed by atoms with Gasteiger partial charge < -0.3 is 10.0 Å². The molecule has 0 atom stereocenters. The Morgan fingerprint density at radius 1 is 1.24 bits per heavy atom. The number of likely N-dealkylation sites (tertiary alicyclic amines) is 1. The number of hydrogen-bond donors (Lipinski definition) is 1. The van der Waals surface area contributed by atoms with Crippen LogP contribution in [-0.2, 0) is 6.42 Å². The van der Waals surface area contributed by atoms with Crippen molar-refractivity contribution in [1.29, 1.82) is 0 Å². The van der Waals surface area contributed by atoms with Crippen LogP contribution in [0.15, 0.2) is 24.3 Å². The highest BCUT2D eigenvalue weighted by atomic mass is 16.4. The van der Waals surface area contributed by atoms with Crippen LogP contribution in [0.1, 0.15) is 55.5 Å². The second-order valence-corrected chi connectivity index (χ2v) is 6.47. The lowest BCUT2D eigenvalue weighted by molar-refractivity contribution is -0.0134. The van der Waals surface area contributed by atoms with Crippen LogP contribution in [0, 0.1) is 5.41 Å². The summed E-state index contributed by atoms with van der Waals surface area (Å²) in [7, 11) is 0. The highest BCUT2D eigenvalue weighted by Crippen LogP contribution is 2.39. The van der Waals surface area contributed by atoms with E-state index in [1.807, 2.05) is 12.1 Å². The van der Waals surface area contributed by atoms with E-state index in [-0.39, 0.29) is 0 Å². The Kier molecular flexibility index (Phi) is 5.40. The number of aromatic carboxylic acids is 1. The highest BCUT2D eigenvalue weighted by molar-refractivity contribution is 5.87. The monoisotopic (exact) mass is 289 g/mol. The van der Waals surface area contributed by atoms with Gasteiger partial charge in [0.2, 0.25) is 0 Å². The van der Waals surface area contributed by atoms with Crippen LogP contribution in [0.3, 0.4) is 0 Å². The summed E-state index contributed by atoms with van der Waals surface area (Å²) in [5.41, 5.74) is 2.08. The quantitative estimate of drug-likeness (QED) is 0.790. The third kappa shape index (κ3) is 4.07. The van der Waals surface area contributed by atoms with Crippen molar-refractivity contribution in [2.24, 2.45) is 5.41 Å². The van der Waals surface area contributed by atoms with E-state index in [4.69, 9.17) is 5.11 Å². The third-order valence-corrected chi connectivity index (χ3v) is 4.57. The van der Waals surface area contributed by atoms with Crippen LogP contribution < -0.4 is 0 Å². The standard InChI is InChI=1S/C18H27NO2/c1-3-9-18(10-4-2)13-19(14-18)11-8-15-6-5-7-16(12-15)17(20)21/h5-7,12H,3-4,8-11,13-14H2,1-2H3,(H,20,21). The zero-order valence-corrected chi connectivity index (χ0v) is 13.3. The van der Waals surface area contributed by atoms with E-state index in [1.54, 1.807) is 12.1 Å². The second-order valence-electron chi connectivity index (χ2n) is 6.47. The van der Waals surface area contributed by atoms with E-state index in [9.17, 15) is 4.79 Å². The minimum Gasteiger partial charge on any atom is -0.478 e. The second kappa shape index (κ2) is 7.08. The average Bonchev–Trinajstić information content (AvgIpc) is 2.43. The first kappa shape index (κ1) is 16.0. The molecule has 0 amide bonds. The van der Waals surface area contributed by atoms with Gasteiger partial charge in [-0.2, -0.15) is 0 Å². The lowest BCUT2D eigenvalue weighted by atomic mass is 9.72. The van der Waals surface area contributed by atoms with Crippen LogP contribution in [0.5, 0.6) is 0 Å². The summed E-state index contributed by atoms with van der Waals surface area (Å²) in [4.78, 5) is 13.5. The summed E-state index contributed by atoms with van der Waals surface area (Å²) in [6.07, 6.45) is 6.16. The molecule has 1 N–H and O–H groups in total. The summed E-state index contributed by atoms with van der Waals surface area (Å²) < 4.78 is 0. The molecule has 2 rings (SSSR count). The Labute approximate surface area is 128 Å². The van der Waals surface area contributed by atoms with E-state index in [2.05, 4.69) is 18.7 Å². The van der Waals surface area contributed by atoms with Gasteiger partial charge in [0.15, 0.2) is 0 Å². The van der Waals surface area contributed by atoms with Gasteiger partial charge in [0.05, 0.1) is 5.56 Å². The zero-order chi connectivity index (χ0) is 15.3. The molecule has 1 fully saturated rings. The first-order valence-corrected chi connectivity index (χ1v) is 8.13. The number of hydrogen-bond acceptors (Lipinski definition) is 2. The molecule has 1 aliphatic heterocycles. The highest BCUT2D eigenvalue weighted by Gasteiger charge is 2.40. The molecule has 0 radical (unpaired) electrons. The molecule has 0 unspecified atom stereocenters. The van der Waals surface area contributed by atoms with E-state index in [0.29, 0.717) is 11.0 Å². The fraction of sp³-hybridized carbons (Fsp3) is 0.611. The molecular formula is C18H27NO2. The molecular weight excluding hydrogens is 262 g/mol. The van der Waals surface area contributed by atoms with E-state index in [0.717, 1.165) is 18.5 Å². The minimum atomic E-state index is -0.842. The Hall–Kier alpha value is -1.35. The molecule has 1 saturated heterocycles. The molecule has 0 aromatic heterocycles. The van der Waals surface area contributed by atoms with Gasteiger partial charge in [-0.15, -0.1) is 0 Å². The van der Waals surface area contributed by atoms with Gasteiger partial charge in [-0.3, -0.25) is 0 Å². The smallest absolute Gasteiger partial charge is 0.335 e. The van der Waals surface area contributed by atoms with Crippen molar-refractivity contribution < 1.29 is 9.90 Å². The zero-order valence-electron chi connectivity index (χ0n) is 13.3. The topological polar surface area (TPSA) is 40.5 Å². The molecule has 0 aliphatic carbocycles. The van der Waals surface area contributed by atoms with Crippen LogP contribution in [-0.4, -0.2) is 35.6 Å². The molecule has 116 valence electrons. The van der Waals surface area contributed by atoms with Gasteiger partial charge in [0, 0.05) is 19.6 Å². The van der Waals surface area contributed by atoms with Gasteiger partial charge >= 0.3 is 5.97 Å². The predicted octanol–water partition coefficient (Wildman–Crippen LogP) is 3.83. The minimum absolute atomic E-state index is 0.391. The summed E-state index contributed by atoms with van der Waals surface area (Å²) in [6, 6.07) is 7.32. The van der Waals surface area contributed by atoms with Crippen molar-refractivity contribution in [3.05, 3.63) is 35.4 Å². The SMILES string of the molecule is CCCC1(CCC)CN(CCc2cccc(C(=O)O)c2)C1.